The summed E-state index contributed by atoms with van der Waals surface area (Å²) in [5, 5.41) is 3.69. The number of rotatable bonds is 41. The monoisotopic (exact) mass is 620 g/mol. The van der Waals surface area contributed by atoms with E-state index in [2.05, 4.69) is 19.2 Å². The number of hydrogen-bond donors (Lipinski definition) is 1. The number of nitrogens with one attached hydrogen (secondary N) is 1. The Morgan fingerprint density at radius 2 is 0.318 bits per heavy atom. The molecule has 0 rings (SSSR count). The average Bonchev–Trinajstić information content (AvgIpc) is 3.04. The Kier molecular flexibility index (Phi) is 42.9. The summed E-state index contributed by atoms with van der Waals surface area (Å²) in [6.07, 6.45) is 57.2. The molecule has 0 aromatic rings. The number of hydrogen-bond acceptors (Lipinski definition) is 1. The van der Waals surface area contributed by atoms with Crippen LogP contribution in [-0.4, -0.2) is 13.1 Å². The predicted molar refractivity (Wildman–Crippen MR) is 204 cm³/mol. The zero-order valence-corrected chi connectivity index (χ0v) is 31.5. The van der Waals surface area contributed by atoms with Gasteiger partial charge in [-0.15, -0.1) is 0 Å². The summed E-state index contributed by atoms with van der Waals surface area (Å²) in [5.74, 6) is 0. The first-order valence-electron chi connectivity index (χ1n) is 21.6. The van der Waals surface area contributed by atoms with E-state index in [4.69, 9.17) is 0 Å². The summed E-state index contributed by atoms with van der Waals surface area (Å²) in [7, 11) is 0. The molecule has 266 valence electrons. The molecule has 44 heavy (non-hydrogen) atoms. The molecule has 0 aliphatic heterocycles. The SMILES string of the molecule is CCCCCCCCCCCCCCCCCCCCCCCCCCCCCCNCCCCCCCCCCCCC. The second-order valence-electron chi connectivity index (χ2n) is 14.8. The van der Waals surface area contributed by atoms with Gasteiger partial charge in [0.25, 0.3) is 0 Å². The van der Waals surface area contributed by atoms with Crippen molar-refractivity contribution >= 4 is 0 Å². The van der Waals surface area contributed by atoms with Crippen LogP contribution in [-0.2, 0) is 0 Å². The molecule has 0 heterocycles. The molecule has 0 aliphatic rings. The molecule has 1 nitrogen and oxygen atoms in total. The van der Waals surface area contributed by atoms with Crippen molar-refractivity contribution in [1.82, 2.24) is 5.32 Å². The van der Waals surface area contributed by atoms with Crippen molar-refractivity contribution in [2.45, 2.75) is 264 Å². The van der Waals surface area contributed by atoms with Crippen LogP contribution < -0.4 is 5.32 Å². The molecule has 0 aromatic carbocycles. The van der Waals surface area contributed by atoms with Crippen molar-refractivity contribution in [2.24, 2.45) is 0 Å². The van der Waals surface area contributed by atoms with E-state index >= 15 is 0 Å². The summed E-state index contributed by atoms with van der Waals surface area (Å²) in [6, 6.07) is 0. The Hall–Kier alpha value is -0.0400. The maximum Gasteiger partial charge on any atom is -0.00489 e. The highest BCUT2D eigenvalue weighted by Crippen LogP contribution is 2.16. The van der Waals surface area contributed by atoms with Crippen LogP contribution in [0.1, 0.15) is 264 Å². The molecule has 1 N–H and O–H groups in total. The van der Waals surface area contributed by atoms with Gasteiger partial charge in [-0.1, -0.05) is 251 Å². The lowest BCUT2D eigenvalue weighted by atomic mass is 10.0. The van der Waals surface area contributed by atoms with E-state index < -0.39 is 0 Å². The van der Waals surface area contributed by atoms with E-state index in [0.717, 1.165) is 0 Å². The van der Waals surface area contributed by atoms with Crippen molar-refractivity contribution in [3.05, 3.63) is 0 Å². The minimum Gasteiger partial charge on any atom is -0.317 e. The molecule has 1 heteroatoms. The first-order valence-corrected chi connectivity index (χ1v) is 21.6. The van der Waals surface area contributed by atoms with Gasteiger partial charge in [-0.2, -0.15) is 0 Å². The van der Waals surface area contributed by atoms with E-state index in [1.807, 2.05) is 0 Å². The number of unbranched alkanes of at least 4 members (excludes halogenated alkanes) is 37. The van der Waals surface area contributed by atoms with Crippen LogP contribution in [0.15, 0.2) is 0 Å². The molecule has 0 amide bonds. The lowest BCUT2D eigenvalue weighted by molar-refractivity contribution is 0.511. The molecular formula is C43H89N. The third-order valence-electron chi connectivity index (χ3n) is 10.2. The first-order chi connectivity index (χ1) is 21.9. The highest BCUT2D eigenvalue weighted by molar-refractivity contribution is 4.54. The maximum atomic E-state index is 3.69. The average molecular weight is 620 g/mol. The third-order valence-corrected chi connectivity index (χ3v) is 10.2. The zero-order chi connectivity index (χ0) is 31.7. The van der Waals surface area contributed by atoms with Crippen LogP contribution in [0.4, 0.5) is 0 Å². The highest BCUT2D eigenvalue weighted by atomic mass is 14.8. The molecule has 0 fully saturated rings. The standard InChI is InChI=1S/C43H89N/c1-3-5-7-9-11-13-15-16-17-18-19-20-21-22-23-24-25-26-27-28-29-30-31-33-35-37-39-41-43-44-42-40-38-36-34-32-14-12-10-8-6-4-2/h44H,3-43H2,1-2H3. The van der Waals surface area contributed by atoms with Gasteiger partial charge < -0.3 is 5.32 Å². The van der Waals surface area contributed by atoms with Crippen molar-refractivity contribution in [3.8, 4) is 0 Å². The summed E-state index contributed by atoms with van der Waals surface area (Å²) in [4.78, 5) is 0. The Morgan fingerprint density at radius 1 is 0.182 bits per heavy atom. The van der Waals surface area contributed by atoms with Crippen molar-refractivity contribution in [3.63, 3.8) is 0 Å². The molecule has 0 unspecified atom stereocenters. The Bertz CT molecular complexity index is 418. The van der Waals surface area contributed by atoms with Gasteiger partial charge in [0.1, 0.15) is 0 Å². The minimum absolute atomic E-state index is 1.25. The fraction of sp³-hybridized carbons (Fsp3) is 1.00. The van der Waals surface area contributed by atoms with Gasteiger partial charge in [-0.05, 0) is 25.9 Å². The van der Waals surface area contributed by atoms with Crippen molar-refractivity contribution in [1.29, 1.82) is 0 Å². The van der Waals surface area contributed by atoms with Crippen LogP contribution >= 0.6 is 0 Å². The van der Waals surface area contributed by atoms with Crippen molar-refractivity contribution in [2.75, 3.05) is 13.1 Å². The van der Waals surface area contributed by atoms with Crippen LogP contribution in [0.3, 0.4) is 0 Å². The predicted octanol–water partition coefficient (Wildman–Crippen LogP) is 15.8. The van der Waals surface area contributed by atoms with Gasteiger partial charge in [-0.25, -0.2) is 0 Å². The smallest absolute Gasteiger partial charge is 0.00489 e. The minimum atomic E-state index is 1.25. The highest BCUT2D eigenvalue weighted by Gasteiger charge is 1.98. The van der Waals surface area contributed by atoms with Crippen LogP contribution in [0.2, 0.25) is 0 Å². The van der Waals surface area contributed by atoms with Crippen molar-refractivity contribution < 1.29 is 0 Å². The van der Waals surface area contributed by atoms with E-state index in [9.17, 15) is 0 Å². The fourth-order valence-electron chi connectivity index (χ4n) is 6.96. The molecule has 0 bridgehead atoms. The molecule has 0 saturated heterocycles. The van der Waals surface area contributed by atoms with Gasteiger partial charge in [-0.3, -0.25) is 0 Å². The molecule has 0 aromatic heterocycles. The van der Waals surface area contributed by atoms with Gasteiger partial charge in [0.15, 0.2) is 0 Å². The maximum absolute atomic E-state index is 3.69. The Labute approximate surface area is 282 Å². The molecule has 0 radical (unpaired) electrons. The van der Waals surface area contributed by atoms with E-state index in [-0.39, 0.29) is 0 Å². The third kappa shape index (κ3) is 42.0. The van der Waals surface area contributed by atoms with Gasteiger partial charge in [0, 0.05) is 0 Å². The molecule has 0 aliphatic carbocycles. The Morgan fingerprint density at radius 3 is 0.477 bits per heavy atom. The zero-order valence-electron chi connectivity index (χ0n) is 31.5. The summed E-state index contributed by atoms with van der Waals surface area (Å²) >= 11 is 0. The largest absolute Gasteiger partial charge is 0.317 e. The molecular weight excluding hydrogens is 530 g/mol. The van der Waals surface area contributed by atoms with Gasteiger partial charge in [0.05, 0.1) is 0 Å². The second-order valence-corrected chi connectivity index (χ2v) is 14.8. The summed E-state index contributed by atoms with van der Waals surface area (Å²) < 4.78 is 0. The Balaban J connectivity index is 3.03. The topological polar surface area (TPSA) is 12.0 Å². The lowest BCUT2D eigenvalue weighted by Crippen LogP contribution is -2.16. The molecule has 0 spiro atoms. The molecule has 0 atom stereocenters. The second kappa shape index (κ2) is 43.0. The van der Waals surface area contributed by atoms with E-state index in [1.54, 1.807) is 0 Å². The quantitative estimate of drug-likeness (QED) is 0.0671. The lowest BCUT2D eigenvalue weighted by Gasteiger charge is -2.06. The van der Waals surface area contributed by atoms with Crippen LogP contribution in [0, 0.1) is 0 Å². The van der Waals surface area contributed by atoms with Crippen LogP contribution in [0.5, 0.6) is 0 Å². The van der Waals surface area contributed by atoms with Gasteiger partial charge in [0.2, 0.25) is 0 Å². The fourth-order valence-corrected chi connectivity index (χ4v) is 6.96. The molecule has 0 saturated carbocycles. The van der Waals surface area contributed by atoms with Crippen LogP contribution in [0.25, 0.3) is 0 Å². The van der Waals surface area contributed by atoms with Gasteiger partial charge >= 0.3 is 0 Å². The summed E-state index contributed by atoms with van der Waals surface area (Å²) in [5.41, 5.74) is 0. The summed E-state index contributed by atoms with van der Waals surface area (Å²) in [6.45, 7) is 7.11. The van der Waals surface area contributed by atoms with E-state index in [0.29, 0.717) is 0 Å². The van der Waals surface area contributed by atoms with E-state index in [1.165, 1.54) is 264 Å². The normalized spacial score (nSPS) is 11.6. The first kappa shape index (κ1) is 44.0.